The summed E-state index contributed by atoms with van der Waals surface area (Å²) in [5.41, 5.74) is 3.65. The Labute approximate surface area is 91.5 Å². The van der Waals surface area contributed by atoms with Crippen molar-refractivity contribution in [3.05, 3.63) is 23.5 Å². The molecule has 0 aromatic carbocycles. The molecule has 0 atom stereocenters. The smallest absolute Gasteiger partial charge is 0.0609 e. The van der Waals surface area contributed by atoms with Gasteiger partial charge in [-0.15, -0.1) is 0 Å². The van der Waals surface area contributed by atoms with Crippen LogP contribution in [0.2, 0.25) is 0 Å². The molecule has 0 aliphatic carbocycles. The van der Waals surface area contributed by atoms with Gasteiger partial charge in [0.1, 0.15) is 0 Å². The first-order valence-electron chi connectivity index (χ1n) is 5.73. The zero-order valence-electron chi connectivity index (χ0n) is 9.58. The summed E-state index contributed by atoms with van der Waals surface area (Å²) in [5, 5.41) is 3.36. The van der Waals surface area contributed by atoms with Crippen LogP contribution in [0.3, 0.4) is 0 Å². The first-order chi connectivity index (χ1) is 7.31. The molecule has 0 radical (unpaired) electrons. The minimum absolute atomic E-state index is 1.02. The third kappa shape index (κ3) is 2.29. The molecule has 82 valence electrons. The fourth-order valence-electron chi connectivity index (χ4n) is 2.04. The van der Waals surface area contributed by atoms with Crippen molar-refractivity contribution < 1.29 is 0 Å². The van der Waals surface area contributed by atoms with E-state index in [1.165, 1.54) is 11.4 Å². The summed E-state index contributed by atoms with van der Waals surface area (Å²) < 4.78 is 0. The maximum atomic E-state index is 4.60. The molecule has 1 saturated heterocycles. The van der Waals surface area contributed by atoms with Gasteiger partial charge in [0.15, 0.2) is 0 Å². The van der Waals surface area contributed by atoms with Crippen molar-refractivity contribution >= 4 is 5.69 Å². The van der Waals surface area contributed by atoms with Gasteiger partial charge in [0.2, 0.25) is 0 Å². The molecule has 1 aromatic heterocycles. The number of rotatable bonds is 2. The molecule has 1 aromatic rings. The molecule has 1 fully saturated rings. The average molecular weight is 205 g/mol. The quantitative estimate of drug-likeness (QED) is 0.790. The van der Waals surface area contributed by atoms with Crippen LogP contribution in [-0.2, 0) is 6.42 Å². The molecule has 0 saturated carbocycles. The molecule has 0 amide bonds. The molecule has 2 rings (SSSR count). The normalized spacial score (nSPS) is 16.8. The summed E-state index contributed by atoms with van der Waals surface area (Å²) in [6, 6.07) is 4.36. The lowest BCUT2D eigenvalue weighted by Crippen LogP contribution is -2.43. The van der Waals surface area contributed by atoms with E-state index in [1.54, 1.807) is 0 Å². The van der Waals surface area contributed by atoms with Crippen LogP contribution in [0, 0.1) is 6.92 Å². The van der Waals surface area contributed by atoms with Gasteiger partial charge in [-0.1, -0.05) is 6.92 Å². The third-order valence-corrected chi connectivity index (χ3v) is 2.94. The highest BCUT2D eigenvalue weighted by atomic mass is 15.2. The monoisotopic (exact) mass is 205 g/mol. The van der Waals surface area contributed by atoms with Crippen LogP contribution >= 0.6 is 0 Å². The number of aromatic nitrogens is 1. The van der Waals surface area contributed by atoms with Crippen LogP contribution in [0.4, 0.5) is 5.69 Å². The molecule has 0 unspecified atom stereocenters. The van der Waals surface area contributed by atoms with Crippen molar-refractivity contribution in [3.8, 4) is 0 Å². The van der Waals surface area contributed by atoms with Crippen LogP contribution in [0.15, 0.2) is 12.1 Å². The molecule has 3 nitrogen and oxygen atoms in total. The Kier molecular flexibility index (Phi) is 3.21. The summed E-state index contributed by atoms with van der Waals surface area (Å²) in [6.07, 6.45) is 1.02. The Morgan fingerprint density at radius 3 is 2.67 bits per heavy atom. The second-order valence-electron chi connectivity index (χ2n) is 4.00. The summed E-state index contributed by atoms with van der Waals surface area (Å²) in [6.45, 7) is 8.59. The number of nitrogens with zero attached hydrogens (tertiary/aromatic N) is 2. The molecule has 0 spiro atoms. The zero-order chi connectivity index (χ0) is 10.7. The molecule has 1 aliphatic heterocycles. The van der Waals surface area contributed by atoms with Crippen LogP contribution in [-0.4, -0.2) is 31.2 Å². The van der Waals surface area contributed by atoms with E-state index >= 15 is 0 Å². The predicted octanol–water partition coefficient (Wildman–Crippen LogP) is 1.36. The molecular formula is C12H19N3. The number of anilines is 1. The summed E-state index contributed by atoms with van der Waals surface area (Å²) in [5.74, 6) is 0. The SMILES string of the molecule is CCc1ccc(N2CCNCC2)c(C)n1. The van der Waals surface area contributed by atoms with Crippen molar-refractivity contribution in [1.29, 1.82) is 0 Å². The van der Waals surface area contributed by atoms with Crippen LogP contribution in [0.1, 0.15) is 18.3 Å². The van der Waals surface area contributed by atoms with E-state index in [1.807, 2.05) is 0 Å². The van der Waals surface area contributed by atoms with Gasteiger partial charge in [0.25, 0.3) is 0 Å². The lowest BCUT2D eigenvalue weighted by atomic mass is 10.2. The van der Waals surface area contributed by atoms with Crippen LogP contribution < -0.4 is 10.2 Å². The van der Waals surface area contributed by atoms with Gasteiger partial charge in [-0.2, -0.15) is 0 Å². The lowest BCUT2D eigenvalue weighted by molar-refractivity contribution is 0.587. The van der Waals surface area contributed by atoms with E-state index in [0.717, 1.165) is 38.3 Å². The second-order valence-corrected chi connectivity index (χ2v) is 4.00. The highest BCUT2D eigenvalue weighted by Crippen LogP contribution is 2.19. The Morgan fingerprint density at radius 2 is 2.07 bits per heavy atom. The molecular weight excluding hydrogens is 186 g/mol. The lowest BCUT2D eigenvalue weighted by Gasteiger charge is -2.30. The topological polar surface area (TPSA) is 28.2 Å². The van der Waals surface area contributed by atoms with E-state index in [4.69, 9.17) is 0 Å². The molecule has 2 heterocycles. The number of piperazine rings is 1. The molecule has 1 aliphatic rings. The Bertz CT molecular complexity index is 330. The predicted molar refractivity (Wildman–Crippen MR) is 63.4 cm³/mol. The number of hydrogen-bond donors (Lipinski definition) is 1. The fraction of sp³-hybridized carbons (Fsp3) is 0.583. The zero-order valence-corrected chi connectivity index (χ0v) is 9.58. The Balaban J connectivity index is 2.19. The average Bonchev–Trinajstić information content (AvgIpc) is 2.30. The molecule has 15 heavy (non-hydrogen) atoms. The number of pyridine rings is 1. The van der Waals surface area contributed by atoms with Gasteiger partial charge >= 0.3 is 0 Å². The largest absolute Gasteiger partial charge is 0.368 e. The van der Waals surface area contributed by atoms with Crippen molar-refractivity contribution in [3.63, 3.8) is 0 Å². The minimum Gasteiger partial charge on any atom is -0.368 e. The van der Waals surface area contributed by atoms with E-state index in [9.17, 15) is 0 Å². The van der Waals surface area contributed by atoms with Crippen LogP contribution in [0.5, 0.6) is 0 Å². The van der Waals surface area contributed by atoms with Gasteiger partial charge in [-0.05, 0) is 25.5 Å². The van der Waals surface area contributed by atoms with Gasteiger partial charge < -0.3 is 10.2 Å². The van der Waals surface area contributed by atoms with Crippen molar-refractivity contribution in [2.24, 2.45) is 0 Å². The first kappa shape index (κ1) is 10.4. The highest BCUT2D eigenvalue weighted by molar-refractivity contribution is 5.51. The van der Waals surface area contributed by atoms with Gasteiger partial charge in [-0.3, -0.25) is 4.98 Å². The fourth-order valence-corrected chi connectivity index (χ4v) is 2.04. The van der Waals surface area contributed by atoms with Crippen molar-refractivity contribution in [2.45, 2.75) is 20.3 Å². The number of aryl methyl sites for hydroxylation is 2. The second kappa shape index (κ2) is 4.62. The summed E-state index contributed by atoms with van der Waals surface area (Å²) >= 11 is 0. The summed E-state index contributed by atoms with van der Waals surface area (Å²) in [4.78, 5) is 7.02. The molecule has 1 N–H and O–H groups in total. The van der Waals surface area contributed by atoms with E-state index < -0.39 is 0 Å². The molecule has 3 heteroatoms. The maximum absolute atomic E-state index is 4.60. The number of nitrogens with one attached hydrogen (secondary N) is 1. The van der Waals surface area contributed by atoms with Crippen LogP contribution in [0.25, 0.3) is 0 Å². The van der Waals surface area contributed by atoms with Crippen molar-refractivity contribution in [1.82, 2.24) is 10.3 Å². The maximum Gasteiger partial charge on any atom is 0.0609 e. The number of hydrogen-bond acceptors (Lipinski definition) is 3. The first-order valence-corrected chi connectivity index (χ1v) is 5.73. The standard InChI is InChI=1S/C12H19N3/c1-3-11-4-5-12(10(2)14-11)15-8-6-13-7-9-15/h4-5,13H,3,6-9H2,1-2H3. The van der Waals surface area contributed by atoms with Gasteiger partial charge in [0, 0.05) is 31.9 Å². The third-order valence-electron chi connectivity index (χ3n) is 2.94. The van der Waals surface area contributed by atoms with Gasteiger partial charge in [-0.25, -0.2) is 0 Å². The van der Waals surface area contributed by atoms with E-state index in [-0.39, 0.29) is 0 Å². The molecule has 0 bridgehead atoms. The van der Waals surface area contributed by atoms with Gasteiger partial charge in [0.05, 0.1) is 11.4 Å². The Hall–Kier alpha value is -1.09. The van der Waals surface area contributed by atoms with E-state index in [0.29, 0.717) is 0 Å². The minimum atomic E-state index is 1.02. The van der Waals surface area contributed by atoms with E-state index in [2.05, 4.69) is 41.2 Å². The highest BCUT2D eigenvalue weighted by Gasteiger charge is 2.12. The Morgan fingerprint density at radius 1 is 1.33 bits per heavy atom. The van der Waals surface area contributed by atoms with Crippen molar-refractivity contribution in [2.75, 3.05) is 31.1 Å². The summed E-state index contributed by atoms with van der Waals surface area (Å²) in [7, 11) is 0.